The lowest BCUT2D eigenvalue weighted by Crippen LogP contribution is -2.50. The molecule has 0 spiro atoms. The first-order valence-electron chi connectivity index (χ1n) is 11.5. The molecule has 0 unspecified atom stereocenters. The average Bonchev–Trinajstić information content (AvgIpc) is 3.16. The van der Waals surface area contributed by atoms with E-state index in [0.717, 1.165) is 34.0 Å². The second kappa shape index (κ2) is 11.0. The molecule has 0 aliphatic carbocycles. The molecule has 0 atom stereocenters. The Morgan fingerprint density at radius 2 is 1.71 bits per heavy atom. The Morgan fingerprint density at radius 1 is 1.00 bits per heavy atom. The maximum Gasteiger partial charge on any atom is 0.238 e. The third-order valence-corrected chi connectivity index (χ3v) is 5.99. The van der Waals surface area contributed by atoms with Crippen molar-refractivity contribution < 1.29 is 18.8 Å². The van der Waals surface area contributed by atoms with Crippen LogP contribution in [0.15, 0.2) is 59.1 Å². The molecule has 1 aliphatic rings. The highest BCUT2D eigenvalue weighted by Gasteiger charge is 2.22. The Balaban J connectivity index is 1.19. The Labute approximate surface area is 199 Å². The maximum atomic E-state index is 12.8. The van der Waals surface area contributed by atoms with E-state index in [-0.39, 0.29) is 11.8 Å². The van der Waals surface area contributed by atoms with Crippen molar-refractivity contribution in [1.82, 2.24) is 15.0 Å². The molecule has 4 rings (SSSR count). The molecule has 1 aromatic heterocycles. The van der Waals surface area contributed by atoms with Gasteiger partial charge in [0.15, 0.2) is 0 Å². The predicted molar refractivity (Wildman–Crippen MR) is 129 cm³/mol. The topological polar surface area (TPSA) is 87.9 Å². The van der Waals surface area contributed by atoms with Gasteiger partial charge in [-0.3, -0.25) is 14.5 Å². The van der Waals surface area contributed by atoms with Crippen LogP contribution in [-0.4, -0.2) is 59.5 Å². The molecule has 34 heavy (non-hydrogen) atoms. The lowest BCUT2D eigenvalue weighted by atomic mass is 10.1. The maximum absolute atomic E-state index is 12.8. The number of aromatic nitrogens is 1. The van der Waals surface area contributed by atoms with Gasteiger partial charge >= 0.3 is 0 Å². The smallest absolute Gasteiger partial charge is 0.238 e. The number of benzene rings is 2. The van der Waals surface area contributed by atoms with Crippen molar-refractivity contribution in [3.8, 4) is 5.75 Å². The first-order chi connectivity index (χ1) is 16.5. The molecule has 2 amide bonds. The quantitative estimate of drug-likeness (QED) is 0.553. The molecule has 1 aliphatic heterocycles. The summed E-state index contributed by atoms with van der Waals surface area (Å²) in [5.74, 6) is 1.55. The minimum absolute atomic E-state index is 0.0392. The van der Waals surface area contributed by atoms with E-state index in [1.165, 1.54) is 0 Å². The second-order valence-electron chi connectivity index (χ2n) is 8.48. The summed E-state index contributed by atoms with van der Waals surface area (Å²) in [5.41, 5.74) is 3.52. The number of hydrogen-bond acceptors (Lipinski definition) is 6. The number of ether oxygens (including phenoxy) is 1. The molecule has 8 nitrogen and oxygen atoms in total. The Morgan fingerprint density at radius 3 is 2.35 bits per heavy atom. The summed E-state index contributed by atoms with van der Waals surface area (Å²) in [6.07, 6.45) is 0.346. The highest BCUT2D eigenvalue weighted by Crippen LogP contribution is 2.18. The minimum atomic E-state index is -0.0392. The summed E-state index contributed by atoms with van der Waals surface area (Å²) in [6, 6.07) is 17.0. The molecule has 2 heterocycles. The van der Waals surface area contributed by atoms with E-state index in [4.69, 9.17) is 9.26 Å². The summed E-state index contributed by atoms with van der Waals surface area (Å²) in [7, 11) is 0. The predicted octanol–water partition coefficient (Wildman–Crippen LogP) is 3.20. The zero-order valence-corrected chi connectivity index (χ0v) is 19.6. The molecule has 0 bridgehead atoms. The van der Waals surface area contributed by atoms with Crippen LogP contribution in [-0.2, 0) is 22.6 Å². The number of para-hydroxylation sites is 1. The molecule has 3 aromatic rings. The van der Waals surface area contributed by atoms with Gasteiger partial charge in [-0.05, 0) is 43.7 Å². The van der Waals surface area contributed by atoms with Crippen molar-refractivity contribution in [3.63, 3.8) is 0 Å². The van der Waals surface area contributed by atoms with Gasteiger partial charge in [-0.15, -0.1) is 0 Å². The standard InChI is InChI=1S/C26H30N4O4/c1-19-24(20(2)34-28-19)18-33-23-10-8-21(9-11-23)16-26(32)30-14-12-29(13-15-30)17-25(31)27-22-6-4-3-5-7-22/h3-11H,12-18H2,1-2H3,(H,27,31). The van der Waals surface area contributed by atoms with E-state index in [9.17, 15) is 9.59 Å². The first-order valence-corrected chi connectivity index (χ1v) is 11.5. The zero-order valence-electron chi connectivity index (χ0n) is 19.6. The SMILES string of the molecule is Cc1noc(C)c1COc1ccc(CC(=O)N2CCN(CC(=O)Nc3ccccc3)CC2)cc1. The Hall–Kier alpha value is -3.65. The number of anilines is 1. The van der Waals surface area contributed by atoms with Crippen LogP contribution in [0.1, 0.15) is 22.6 Å². The van der Waals surface area contributed by atoms with E-state index < -0.39 is 0 Å². The number of nitrogens with one attached hydrogen (secondary N) is 1. The van der Waals surface area contributed by atoms with Crippen molar-refractivity contribution in [2.24, 2.45) is 0 Å². The molecule has 178 valence electrons. The zero-order chi connectivity index (χ0) is 23.9. The summed E-state index contributed by atoms with van der Waals surface area (Å²) in [5, 5.41) is 6.84. The van der Waals surface area contributed by atoms with Crippen LogP contribution in [0.4, 0.5) is 5.69 Å². The van der Waals surface area contributed by atoms with Crippen LogP contribution in [0.25, 0.3) is 0 Å². The largest absolute Gasteiger partial charge is 0.489 e. The fourth-order valence-corrected chi connectivity index (χ4v) is 3.93. The molecule has 1 fully saturated rings. The lowest BCUT2D eigenvalue weighted by molar-refractivity contribution is -0.132. The highest BCUT2D eigenvalue weighted by molar-refractivity contribution is 5.92. The molecule has 1 saturated heterocycles. The molecule has 2 aromatic carbocycles. The second-order valence-corrected chi connectivity index (χ2v) is 8.48. The van der Waals surface area contributed by atoms with Crippen LogP contribution < -0.4 is 10.1 Å². The van der Waals surface area contributed by atoms with Crippen molar-refractivity contribution in [3.05, 3.63) is 77.2 Å². The van der Waals surface area contributed by atoms with Crippen LogP contribution in [0.2, 0.25) is 0 Å². The van der Waals surface area contributed by atoms with E-state index >= 15 is 0 Å². The van der Waals surface area contributed by atoms with Crippen molar-refractivity contribution in [2.75, 3.05) is 38.0 Å². The number of piperazine rings is 1. The monoisotopic (exact) mass is 462 g/mol. The third-order valence-electron chi connectivity index (χ3n) is 5.99. The summed E-state index contributed by atoms with van der Waals surface area (Å²) >= 11 is 0. The van der Waals surface area contributed by atoms with Crippen LogP contribution in [0.3, 0.4) is 0 Å². The van der Waals surface area contributed by atoms with Gasteiger partial charge in [0.05, 0.1) is 24.2 Å². The van der Waals surface area contributed by atoms with Gasteiger partial charge < -0.3 is 19.5 Å². The third kappa shape index (κ3) is 6.23. The number of carbonyl (C=O) groups is 2. The molecule has 1 N–H and O–H groups in total. The fraction of sp³-hybridized carbons (Fsp3) is 0.346. The molecular weight excluding hydrogens is 432 g/mol. The van der Waals surface area contributed by atoms with E-state index in [2.05, 4.69) is 15.4 Å². The van der Waals surface area contributed by atoms with Gasteiger partial charge in [0.25, 0.3) is 0 Å². The van der Waals surface area contributed by atoms with Gasteiger partial charge in [-0.25, -0.2) is 0 Å². The van der Waals surface area contributed by atoms with Crippen LogP contribution >= 0.6 is 0 Å². The van der Waals surface area contributed by atoms with Crippen LogP contribution in [0.5, 0.6) is 5.75 Å². The van der Waals surface area contributed by atoms with E-state index in [1.54, 1.807) is 0 Å². The van der Waals surface area contributed by atoms with Gasteiger partial charge in [-0.1, -0.05) is 35.5 Å². The number of carbonyl (C=O) groups excluding carboxylic acids is 2. The number of aryl methyl sites for hydroxylation is 2. The summed E-state index contributed by atoms with van der Waals surface area (Å²) < 4.78 is 11.0. The highest BCUT2D eigenvalue weighted by atomic mass is 16.5. The molecule has 0 radical (unpaired) electrons. The first kappa shape index (κ1) is 23.5. The number of nitrogens with zero attached hydrogens (tertiary/aromatic N) is 3. The normalized spacial score (nSPS) is 14.1. The number of rotatable bonds is 8. The Bertz CT molecular complexity index is 1080. The van der Waals surface area contributed by atoms with E-state index in [1.807, 2.05) is 73.3 Å². The van der Waals surface area contributed by atoms with Crippen molar-refractivity contribution in [2.45, 2.75) is 26.9 Å². The van der Waals surface area contributed by atoms with Crippen molar-refractivity contribution >= 4 is 17.5 Å². The average molecular weight is 463 g/mol. The van der Waals surface area contributed by atoms with Gasteiger partial charge in [0.1, 0.15) is 18.1 Å². The molecule has 0 saturated carbocycles. The summed E-state index contributed by atoms with van der Waals surface area (Å²) in [4.78, 5) is 29.0. The van der Waals surface area contributed by atoms with Gasteiger partial charge in [0, 0.05) is 31.9 Å². The molecule has 8 heteroatoms. The minimum Gasteiger partial charge on any atom is -0.489 e. The Kier molecular flexibility index (Phi) is 7.59. The van der Waals surface area contributed by atoms with Crippen molar-refractivity contribution in [1.29, 1.82) is 0 Å². The van der Waals surface area contributed by atoms with Crippen LogP contribution in [0, 0.1) is 13.8 Å². The number of hydrogen-bond donors (Lipinski definition) is 1. The fourth-order valence-electron chi connectivity index (χ4n) is 3.93. The summed E-state index contributed by atoms with van der Waals surface area (Å²) in [6.45, 7) is 7.09. The lowest BCUT2D eigenvalue weighted by Gasteiger charge is -2.34. The molecular formula is C26H30N4O4. The van der Waals surface area contributed by atoms with Gasteiger partial charge in [-0.2, -0.15) is 0 Å². The van der Waals surface area contributed by atoms with E-state index in [0.29, 0.717) is 45.8 Å². The van der Waals surface area contributed by atoms with Gasteiger partial charge in [0.2, 0.25) is 11.8 Å². The number of amides is 2.